The van der Waals surface area contributed by atoms with Gasteiger partial charge in [-0.05, 0) is 50.2 Å². The van der Waals surface area contributed by atoms with E-state index in [1.54, 1.807) is 6.07 Å². The lowest BCUT2D eigenvalue weighted by Gasteiger charge is -2.19. The van der Waals surface area contributed by atoms with Crippen molar-refractivity contribution in [3.8, 4) is 0 Å². The van der Waals surface area contributed by atoms with Crippen molar-refractivity contribution in [1.82, 2.24) is 15.1 Å². The smallest absolute Gasteiger partial charge is 0.124 e. The number of benzene rings is 1. The molecule has 0 radical (unpaired) electrons. The Labute approximate surface area is 133 Å². The molecule has 114 valence electrons. The first kappa shape index (κ1) is 16.2. The lowest BCUT2D eigenvalue weighted by Crippen LogP contribution is -2.24. The van der Waals surface area contributed by atoms with E-state index in [2.05, 4.69) is 46.3 Å². The molecule has 0 amide bonds. The van der Waals surface area contributed by atoms with Crippen LogP contribution in [0.4, 0.5) is 4.39 Å². The summed E-state index contributed by atoms with van der Waals surface area (Å²) in [6.45, 7) is 7.81. The van der Waals surface area contributed by atoms with Crippen molar-refractivity contribution in [3.05, 3.63) is 51.5 Å². The summed E-state index contributed by atoms with van der Waals surface area (Å²) in [7, 11) is 0. The average molecular weight is 354 g/mol. The fourth-order valence-electron chi connectivity index (χ4n) is 2.58. The molecule has 1 N–H and O–H groups in total. The third kappa shape index (κ3) is 4.14. The fourth-order valence-corrected chi connectivity index (χ4v) is 3.06. The Morgan fingerprint density at radius 2 is 2.05 bits per heavy atom. The van der Waals surface area contributed by atoms with Crippen LogP contribution in [0, 0.1) is 12.7 Å². The average Bonchev–Trinajstić information content (AvgIpc) is 2.77. The van der Waals surface area contributed by atoms with Crippen molar-refractivity contribution in [2.45, 2.75) is 39.8 Å². The van der Waals surface area contributed by atoms with Crippen molar-refractivity contribution < 1.29 is 4.39 Å². The number of nitrogens with one attached hydrogen (secondary N) is 1. The van der Waals surface area contributed by atoms with Gasteiger partial charge in [0.2, 0.25) is 0 Å². The standard InChI is InChI=1S/C16H21BrFN3/c1-4-19-16(12-7-13(17)9-14(18)8-12)10-15-6-11(3)20-21(15)5-2/h6-9,16,19H,4-5,10H2,1-3H3. The molecular formula is C16H21BrFN3. The number of halogens is 2. The van der Waals surface area contributed by atoms with Gasteiger partial charge in [-0.3, -0.25) is 4.68 Å². The molecule has 1 heterocycles. The molecule has 0 spiro atoms. The van der Waals surface area contributed by atoms with Crippen LogP contribution < -0.4 is 5.32 Å². The monoisotopic (exact) mass is 353 g/mol. The first-order valence-corrected chi connectivity index (χ1v) is 8.05. The molecule has 0 fully saturated rings. The summed E-state index contributed by atoms with van der Waals surface area (Å²) < 4.78 is 16.4. The Bertz CT molecular complexity index is 589. The summed E-state index contributed by atoms with van der Waals surface area (Å²) in [6, 6.07) is 7.21. The van der Waals surface area contributed by atoms with Crippen molar-refractivity contribution in [1.29, 1.82) is 0 Å². The summed E-state index contributed by atoms with van der Waals surface area (Å²) in [5, 5.41) is 7.91. The molecule has 1 aromatic carbocycles. The number of aromatic nitrogens is 2. The Hall–Kier alpha value is -1.20. The van der Waals surface area contributed by atoms with Gasteiger partial charge in [0.1, 0.15) is 5.82 Å². The lowest BCUT2D eigenvalue weighted by atomic mass is 10.0. The maximum atomic E-state index is 13.6. The first-order chi connectivity index (χ1) is 10.0. The van der Waals surface area contributed by atoms with E-state index in [1.165, 1.54) is 11.8 Å². The molecule has 5 heteroatoms. The predicted molar refractivity (Wildman–Crippen MR) is 86.9 cm³/mol. The summed E-state index contributed by atoms with van der Waals surface area (Å²) in [5.41, 5.74) is 3.13. The van der Waals surface area contributed by atoms with Crippen LogP contribution in [-0.4, -0.2) is 16.3 Å². The molecule has 0 saturated carbocycles. The van der Waals surface area contributed by atoms with Gasteiger partial charge >= 0.3 is 0 Å². The fraction of sp³-hybridized carbons (Fsp3) is 0.438. The second-order valence-corrected chi connectivity index (χ2v) is 6.03. The normalized spacial score (nSPS) is 12.6. The molecule has 2 aromatic rings. The molecule has 0 saturated heterocycles. The second kappa shape index (κ2) is 7.18. The maximum Gasteiger partial charge on any atom is 0.124 e. The van der Waals surface area contributed by atoms with Crippen LogP contribution in [0.5, 0.6) is 0 Å². The molecule has 0 aliphatic rings. The topological polar surface area (TPSA) is 29.9 Å². The molecule has 0 aliphatic carbocycles. The lowest BCUT2D eigenvalue weighted by molar-refractivity contribution is 0.512. The molecule has 21 heavy (non-hydrogen) atoms. The molecule has 2 rings (SSSR count). The minimum Gasteiger partial charge on any atom is -0.310 e. The highest BCUT2D eigenvalue weighted by Gasteiger charge is 2.16. The Kier molecular flexibility index (Phi) is 5.53. The third-order valence-corrected chi connectivity index (χ3v) is 3.89. The van der Waals surface area contributed by atoms with Crippen molar-refractivity contribution >= 4 is 15.9 Å². The van der Waals surface area contributed by atoms with Gasteiger partial charge in [-0.1, -0.05) is 22.9 Å². The van der Waals surface area contributed by atoms with Gasteiger partial charge < -0.3 is 5.32 Å². The van der Waals surface area contributed by atoms with E-state index < -0.39 is 0 Å². The molecular weight excluding hydrogens is 333 g/mol. The van der Waals surface area contributed by atoms with Gasteiger partial charge in [0.25, 0.3) is 0 Å². The van der Waals surface area contributed by atoms with E-state index in [4.69, 9.17) is 0 Å². The van der Waals surface area contributed by atoms with Crippen LogP contribution in [0.3, 0.4) is 0 Å². The van der Waals surface area contributed by atoms with E-state index in [0.29, 0.717) is 0 Å². The minimum atomic E-state index is -0.220. The highest BCUT2D eigenvalue weighted by atomic mass is 79.9. The number of hydrogen-bond acceptors (Lipinski definition) is 2. The Balaban J connectivity index is 2.30. The van der Waals surface area contributed by atoms with Crippen LogP contribution >= 0.6 is 15.9 Å². The van der Waals surface area contributed by atoms with Gasteiger partial charge in [-0.25, -0.2) is 4.39 Å². The number of likely N-dealkylation sites (N-methyl/N-ethyl adjacent to an activating group) is 1. The zero-order chi connectivity index (χ0) is 15.4. The highest BCUT2D eigenvalue weighted by molar-refractivity contribution is 9.10. The van der Waals surface area contributed by atoms with Crippen LogP contribution in [0.15, 0.2) is 28.7 Å². The summed E-state index contributed by atoms with van der Waals surface area (Å²) in [5.74, 6) is -0.220. The zero-order valence-electron chi connectivity index (χ0n) is 12.7. The molecule has 1 unspecified atom stereocenters. The number of rotatable bonds is 6. The first-order valence-electron chi connectivity index (χ1n) is 7.26. The summed E-state index contributed by atoms with van der Waals surface area (Å²) in [6.07, 6.45) is 0.790. The van der Waals surface area contributed by atoms with Crippen molar-refractivity contribution in [3.63, 3.8) is 0 Å². The molecule has 0 aliphatic heterocycles. The summed E-state index contributed by atoms with van der Waals surface area (Å²) in [4.78, 5) is 0. The molecule has 0 bridgehead atoms. The van der Waals surface area contributed by atoms with E-state index in [9.17, 15) is 4.39 Å². The highest BCUT2D eigenvalue weighted by Crippen LogP contribution is 2.24. The molecule has 3 nitrogen and oxygen atoms in total. The van der Waals surface area contributed by atoms with E-state index >= 15 is 0 Å². The third-order valence-electron chi connectivity index (χ3n) is 3.44. The van der Waals surface area contributed by atoms with Gasteiger partial charge in [0.05, 0.1) is 5.69 Å². The van der Waals surface area contributed by atoms with Crippen LogP contribution in [0.25, 0.3) is 0 Å². The number of aryl methyl sites for hydroxylation is 2. The van der Waals surface area contributed by atoms with Crippen LogP contribution in [0.1, 0.15) is 36.8 Å². The zero-order valence-corrected chi connectivity index (χ0v) is 14.2. The van der Waals surface area contributed by atoms with Crippen molar-refractivity contribution in [2.75, 3.05) is 6.54 Å². The van der Waals surface area contributed by atoms with E-state index in [-0.39, 0.29) is 11.9 Å². The van der Waals surface area contributed by atoms with Crippen LogP contribution in [0.2, 0.25) is 0 Å². The van der Waals surface area contributed by atoms with Gasteiger partial charge in [-0.2, -0.15) is 5.10 Å². The Morgan fingerprint density at radius 1 is 1.29 bits per heavy atom. The molecule has 1 atom stereocenters. The van der Waals surface area contributed by atoms with Gasteiger partial charge in [0.15, 0.2) is 0 Å². The van der Waals surface area contributed by atoms with Crippen molar-refractivity contribution in [2.24, 2.45) is 0 Å². The largest absolute Gasteiger partial charge is 0.310 e. The van der Waals surface area contributed by atoms with Crippen LogP contribution in [-0.2, 0) is 13.0 Å². The van der Waals surface area contributed by atoms with Gasteiger partial charge in [-0.15, -0.1) is 0 Å². The Morgan fingerprint density at radius 3 is 2.67 bits per heavy atom. The molecule has 1 aromatic heterocycles. The van der Waals surface area contributed by atoms with Gasteiger partial charge in [0, 0.05) is 29.2 Å². The quantitative estimate of drug-likeness (QED) is 0.850. The maximum absolute atomic E-state index is 13.6. The predicted octanol–water partition coefficient (Wildman–Crippen LogP) is 4.01. The van der Waals surface area contributed by atoms with E-state index in [0.717, 1.165) is 35.2 Å². The SMILES string of the molecule is CCNC(Cc1cc(C)nn1CC)c1cc(F)cc(Br)c1. The number of hydrogen-bond donors (Lipinski definition) is 1. The van der Waals surface area contributed by atoms with E-state index in [1.807, 2.05) is 17.7 Å². The number of nitrogens with zero attached hydrogens (tertiary/aromatic N) is 2. The minimum absolute atomic E-state index is 0.0726. The summed E-state index contributed by atoms with van der Waals surface area (Å²) >= 11 is 3.36. The second-order valence-electron chi connectivity index (χ2n) is 5.11.